The van der Waals surface area contributed by atoms with Gasteiger partial charge in [0, 0.05) is 22.4 Å². The Morgan fingerprint density at radius 2 is 2.24 bits per heavy atom. The zero-order valence-electron chi connectivity index (χ0n) is 9.18. The highest BCUT2D eigenvalue weighted by Gasteiger charge is 2.20. The second-order valence-corrected chi connectivity index (χ2v) is 4.95. The maximum absolute atomic E-state index is 11.8. The predicted molar refractivity (Wildman–Crippen MR) is 66.1 cm³/mol. The minimum absolute atomic E-state index is 0.0686. The number of amides is 1. The van der Waals surface area contributed by atoms with E-state index in [1.54, 1.807) is 11.4 Å². The number of thiophene rings is 1. The van der Waals surface area contributed by atoms with Crippen LogP contribution in [0.1, 0.15) is 34.5 Å². The van der Waals surface area contributed by atoms with Crippen molar-refractivity contribution in [1.82, 2.24) is 5.32 Å². The zero-order valence-corrected chi connectivity index (χ0v) is 10.00. The van der Waals surface area contributed by atoms with E-state index in [0.717, 1.165) is 23.8 Å². The van der Waals surface area contributed by atoms with Crippen LogP contribution < -0.4 is 5.32 Å². The van der Waals surface area contributed by atoms with Crippen molar-refractivity contribution in [2.45, 2.75) is 25.3 Å². The Morgan fingerprint density at radius 3 is 2.82 bits per heavy atom. The van der Waals surface area contributed by atoms with Crippen LogP contribution in [0.2, 0.25) is 0 Å². The van der Waals surface area contributed by atoms with E-state index < -0.39 is 5.97 Å². The summed E-state index contributed by atoms with van der Waals surface area (Å²) in [6.07, 6.45) is 5.86. The van der Waals surface area contributed by atoms with Gasteiger partial charge in [-0.05, 0) is 31.4 Å². The van der Waals surface area contributed by atoms with Crippen LogP contribution in [0.15, 0.2) is 17.5 Å². The number of nitrogens with one attached hydrogen (secondary N) is 1. The lowest BCUT2D eigenvalue weighted by molar-refractivity contribution is -0.131. The second kappa shape index (κ2) is 5.14. The van der Waals surface area contributed by atoms with Gasteiger partial charge in [-0.15, -0.1) is 11.3 Å². The van der Waals surface area contributed by atoms with Gasteiger partial charge in [-0.1, -0.05) is 0 Å². The minimum atomic E-state index is -0.987. The Hall–Kier alpha value is -1.62. The van der Waals surface area contributed by atoms with E-state index in [2.05, 4.69) is 5.32 Å². The Kier molecular flexibility index (Phi) is 3.58. The molecule has 4 nitrogen and oxygen atoms in total. The maximum Gasteiger partial charge on any atom is 0.328 e. The van der Waals surface area contributed by atoms with Crippen molar-refractivity contribution in [3.05, 3.63) is 28.0 Å². The number of hydrogen-bond acceptors (Lipinski definition) is 3. The number of carbonyl (C=O) groups excluding carboxylic acids is 1. The van der Waals surface area contributed by atoms with Crippen LogP contribution in [-0.2, 0) is 4.79 Å². The minimum Gasteiger partial charge on any atom is -0.478 e. The monoisotopic (exact) mass is 251 g/mol. The van der Waals surface area contributed by atoms with E-state index >= 15 is 0 Å². The molecule has 1 aliphatic carbocycles. The molecular formula is C12H13NO3S. The molecule has 1 heterocycles. The second-order valence-electron chi connectivity index (χ2n) is 4.01. The molecular weight excluding hydrogens is 238 g/mol. The third-order valence-electron chi connectivity index (χ3n) is 2.71. The summed E-state index contributed by atoms with van der Waals surface area (Å²) >= 11 is 1.36. The molecule has 5 heteroatoms. The molecule has 1 fully saturated rings. The van der Waals surface area contributed by atoms with Crippen molar-refractivity contribution >= 4 is 29.3 Å². The summed E-state index contributed by atoms with van der Waals surface area (Å²) in [6, 6.07) is 2.03. The van der Waals surface area contributed by atoms with Gasteiger partial charge in [0.1, 0.15) is 0 Å². The first kappa shape index (κ1) is 11.9. The Morgan fingerprint density at radius 1 is 1.47 bits per heavy atom. The first-order valence-corrected chi connectivity index (χ1v) is 6.33. The molecule has 0 atom stereocenters. The van der Waals surface area contributed by atoms with Gasteiger partial charge in [0.15, 0.2) is 0 Å². The van der Waals surface area contributed by atoms with Crippen LogP contribution in [0.25, 0.3) is 6.08 Å². The molecule has 1 aromatic heterocycles. The number of carbonyl (C=O) groups is 2. The fourth-order valence-electron chi connectivity index (χ4n) is 1.53. The fraction of sp³-hybridized carbons (Fsp3) is 0.333. The molecule has 0 unspecified atom stereocenters. The molecule has 0 bridgehead atoms. The van der Waals surface area contributed by atoms with Crippen molar-refractivity contribution < 1.29 is 14.7 Å². The van der Waals surface area contributed by atoms with Gasteiger partial charge in [-0.25, -0.2) is 4.79 Å². The van der Waals surface area contributed by atoms with E-state index in [-0.39, 0.29) is 5.91 Å². The standard InChI is InChI=1S/C12H13NO3S/c14-11(15)5-4-10-6-8(7-17-10)12(16)13-9-2-1-3-9/h4-7,9H,1-3H2,(H,13,16)(H,14,15). The molecule has 0 spiro atoms. The van der Waals surface area contributed by atoms with Crippen LogP contribution in [-0.4, -0.2) is 23.0 Å². The van der Waals surface area contributed by atoms with E-state index in [1.165, 1.54) is 23.8 Å². The van der Waals surface area contributed by atoms with Crippen molar-refractivity contribution in [1.29, 1.82) is 0 Å². The highest BCUT2D eigenvalue weighted by Crippen LogP contribution is 2.20. The third kappa shape index (κ3) is 3.17. The predicted octanol–water partition coefficient (Wildman–Crippen LogP) is 2.13. The molecule has 1 saturated carbocycles. The van der Waals surface area contributed by atoms with Gasteiger partial charge in [-0.2, -0.15) is 0 Å². The van der Waals surface area contributed by atoms with Crippen LogP contribution in [0.3, 0.4) is 0 Å². The lowest BCUT2D eigenvalue weighted by atomic mass is 9.93. The highest BCUT2D eigenvalue weighted by molar-refractivity contribution is 7.11. The fourth-order valence-corrected chi connectivity index (χ4v) is 2.31. The molecule has 17 heavy (non-hydrogen) atoms. The smallest absolute Gasteiger partial charge is 0.328 e. The topological polar surface area (TPSA) is 66.4 Å². The summed E-state index contributed by atoms with van der Waals surface area (Å²) in [6.45, 7) is 0. The van der Waals surface area contributed by atoms with E-state index in [4.69, 9.17) is 5.11 Å². The molecule has 0 radical (unpaired) electrons. The molecule has 0 aromatic carbocycles. The quantitative estimate of drug-likeness (QED) is 0.806. The molecule has 0 saturated heterocycles. The average Bonchev–Trinajstić information content (AvgIpc) is 2.69. The number of aliphatic carboxylic acids is 1. The Bertz CT molecular complexity index is 460. The number of carboxylic acid groups (broad SMARTS) is 1. The summed E-state index contributed by atoms with van der Waals surface area (Å²) in [5, 5.41) is 13.2. The van der Waals surface area contributed by atoms with Gasteiger partial charge in [0.2, 0.25) is 0 Å². The normalized spacial score (nSPS) is 15.8. The van der Waals surface area contributed by atoms with Crippen LogP contribution in [0.4, 0.5) is 0 Å². The van der Waals surface area contributed by atoms with E-state index in [1.807, 2.05) is 0 Å². The molecule has 0 aliphatic heterocycles. The van der Waals surface area contributed by atoms with Crippen LogP contribution >= 0.6 is 11.3 Å². The Labute approximate surface area is 103 Å². The maximum atomic E-state index is 11.8. The van der Waals surface area contributed by atoms with E-state index in [9.17, 15) is 9.59 Å². The van der Waals surface area contributed by atoms with Crippen molar-refractivity contribution in [2.24, 2.45) is 0 Å². The number of hydrogen-bond donors (Lipinski definition) is 2. The molecule has 2 rings (SSSR count). The zero-order chi connectivity index (χ0) is 12.3. The summed E-state index contributed by atoms with van der Waals surface area (Å²) in [7, 11) is 0. The van der Waals surface area contributed by atoms with Crippen LogP contribution in [0, 0.1) is 0 Å². The average molecular weight is 251 g/mol. The molecule has 2 N–H and O–H groups in total. The first-order valence-electron chi connectivity index (χ1n) is 5.45. The third-order valence-corrected chi connectivity index (χ3v) is 3.61. The van der Waals surface area contributed by atoms with Gasteiger partial charge in [0.05, 0.1) is 5.56 Å². The van der Waals surface area contributed by atoms with Gasteiger partial charge in [-0.3, -0.25) is 4.79 Å². The number of carboxylic acids is 1. The Balaban J connectivity index is 1.96. The summed E-state index contributed by atoms with van der Waals surface area (Å²) in [4.78, 5) is 22.9. The van der Waals surface area contributed by atoms with Crippen LogP contribution in [0.5, 0.6) is 0 Å². The lowest BCUT2D eigenvalue weighted by Gasteiger charge is -2.26. The van der Waals surface area contributed by atoms with Gasteiger partial charge >= 0.3 is 5.97 Å². The first-order chi connectivity index (χ1) is 8.15. The SMILES string of the molecule is O=C(O)C=Cc1cc(C(=O)NC2CCC2)cs1. The molecule has 1 aromatic rings. The van der Waals surface area contributed by atoms with Crippen molar-refractivity contribution in [3.63, 3.8) is 0 Å². The van der Waals surface area contributed by atoms with E-state index in [0.29, 0.717) is 11.6 Å². The lowest BCUT2D eigenvalue weighted by Crippen LogP contribution is -2.39. The van der Waals surface area contributed by atoms with Crippen molar-refractivity contribution in [3.8, 4) is 0 Å². The molecule has 1 aliphatic rings. The van der Waals surface area contributed by atoms with Gasteiger partial charge in [0.25, 0.3) is 5.91 Å². The molecule has 1 amide bonds. The summed E-state index contributed by atoms with van der Waals surface area (Å²) in [5.41, 5.74) is 0.604. The van der Waals surface area contributed by atoms with Crippen molar-refractivity contribution in [2.75, 3.05) is 0 Å². The molecule has 90 valence electrons. The summed E-state index contributed by atoms with van der Waals surface area (Å²) in [5.74, 6) is -1.06. The highest BCUT2D eigenvalue weighted by atomic mass is 32.1. The van der Waals surface area contributed by atoms with Gasteiger partial charge < -0.3 is 10.4 Å². The number of rotatable bonds is 4. The largest absolute Gasteiger partial charge is 0.478 e. The summed E-state index contributed by atoms with van der Waals surface area (Å²) < 4.78 is 0.